The number of nitrogens with zero attached hydrogens (tertiary/aromatic N) is 1. The highest BCUT2D eigenvalue weighted by Gasteiger charge is 2.19. The Hall–Kier alpha value is -1.43. The monoisotopic (exact) mass is 342 g/mol. The third kappa shape index (κ3) is 2.57. The molecule has 20 heavy (non-hydrogen) atoms. The Bertz CT molecular complexity index is 642. The first-order valence-corrected chi connectivity index (χ1v) is 7.29. The number of aryl methyl sites for hydroxylation is 1. The number of hydrogen-bond acceptors (Lipinski definition) is 3. The average Bonchev–Trinajstić information content (AvgIpc) is 2.85. The molecule has 0 amide bonds. The van der Waals surface area contributed by atoms with Gasteiger partial charge in [-0.2, -0.15) is 0 Å². The van der Waals surface area contributed by atoms with E-state index in [0.717, 1.165) is 54.8 Å². The van der Waals surface area contributed by atoms with Crippen molar-refractivity contribution in [2.24, 2.45) is 0 Å². The van der Waals surface area contributed by atoms with Crippen LogP contribution < -0.4 is 5.32 Å². The highest BCUT2D eigenvalue weighted by Crippen LogP contribution is 2.28. The summed E-state index contributed by atoms with van der Waals surface area (Å²) in [6.45, 7) is 0.433. The van der Waals surface area contributed by atoms with Gasteiger partial charge in [0.05, 0.1) is 12.2 Å². The van der Waals surface area contributed by atoms with Gasteiger partial charge in [0.1, 0.15) is 11.5 Å². The molecule has 1 heterocycles. The Balaban J connectivity index is 1.77. The molecular weight excluding hydrogens is 330 g/mol. The van der Waals surface area contributed by atoms with Crippen LogP contribution in [0.1, 0.15) is 29.9 Å². The molecule has 0 saturated heterocycles. The third-order valence-electron chi connectivity index (χ3n) is 3.49. The molecular formula is C14H13BrF2N2O. The molecule has 0 spiro atoms. The molecule has 1 aromatic carbocycles. The van der Waals surface area contributed by atoms with E-state index < -0.39 is 11.6 Å². The lowest BCUT2D eigenvalue weighted by Gasteiger charge is -2.11. The van der Waals surface area contributed by atoms with Gasteiger partial charge in [0, 0.05) is 22.5 Å². The molecule has 2 aromatic rings. The van der Waals surface area contributed by atoms with Crippen LogP contribution in [0.25, 0.3) is 0 Å². The zero-order valence-electron chi connectivity index (χ0n) is 10.7. The summed E-state index contributed by atoms with van der Waals surface area (Å²) >= 11 is 3.21. The number of aromatic nitrogens is 1. The molecule has 3 nitrogen and oxygen atoms in total. The van der Waals surface area contributed by atoms with E-state index in [1.807, 2.05) is 0 Å². The Morgan fingerprint density at radius 1 is 1.20 bits per heavy atom. The Kier molecular flexibility index (Phi) is 3.74. The minimum Gasteiger partial charge on any atom is -0.378 e. The van der Waals surface area contributed by atoms with E-state index in [9.17, 15) is 8.78 Å². The first kappa shape index (κ1) is 13.5. The molecule has 6 heteroatoms. The highest BCUT2D eigenvalue weighted by molar-refractivity contribution is 9.10. The first-order valence-electron chi connectivity index (χ1n) is 6.50. The van der Waals surface area contributed by atoms with Crippen molar-refractivity contribution in [2.75, 3.05) is 5.32 Å². The van der Waals surface area contributed by atoms with Crippen molar-refractivity contribution >= 4 is 21.6 Å². The van der Waals surface area contributed by atoms with Gasteiger partial charge in [0.25, 0.3) is 0 Å². The topological polar surface area (TPSA) is 38.1 Å². The maximum absolute atomic E-state index is 13.2. The predicted octanol–water partition coefficient (Wildman–Crippen LogP) is 4.21. The Labute approximate surface area is 123 Å². The Morgan fingerprint density at radius 2 is 1.95 bits per heavy atom. The molecule has 3 rings (SSSR count). The van der Waals surface area contributed by atoms with Gasteiger partial charge in [-0.25, -0.2) is 8.78 Å². The van der Waals surface area contributed by atoms with Crippen molar-refractivity contribution in [2.45, 2.75) is 32.2 Å². The van der Waals surface area contributed by atoms with Gasteiger partial charge < -0.3 is 9.84 Å². The minimum atomic E-state index is -0.877. The standard InChI is InChI=1S/C14H13BrF2N2O/c15-9-5-10(16)11(17)6-12(9)18-7-13-8-3-1-2-4-14(8)20-19-13/h5-6,18H,1-4,7H2. The van der Waals surface area contributed by atoms with E-state index in [1.165, 1.54) is 0 Å². The fourth-order valence-corrected chi connectivity index (χ4v) is 2.88. The predicted molar refractivity (Wildman–Crippen MR) is 74.5 cm³/mol. The molecule has 0 radical (unpaired) electrons. The van der Waals surface area contributed by atoms with E-state index in [0.29, 0.717) is 16.7 Å². The van der Waals surface area contributed by atoms with Crippen LogP contribution in [0.15, 0.2) is 21.1 Å². The van der Waals surface area contributed by atoms with Crippen molar-refractivity contribution in [3.8, 4) is 0 Å². The van der Waals surface area contributed by atoms with Crippen LogP contribution >= 0.6 is 15.9 Å². The SMILES string of the molecule is Fc1cc(Br)c(NCc2noc3c2CCCC3)cc1F. The van der Waals surface area contributed by atoms with E-state index in [-0.39, 0.29) is 0 Å². The summed E-state index contributed by atoms with van der Waals surface area (Å²) in [7, 11) is 0. The zero-order chi connectivity index (χ0) is 14.1. The van der Waals surface area contributed by atoms with E-state index >= 15 is 0 Å². The molecule has 1 aliphatic carbocycles. The molecule has 0 bridgehead atoms. The number of benzene rings is 1. The largest absolute Gasteiger partial charge is 0.378 e. The van der Waals surface area contributed by atoms with Gasteiger partial charge in [-0.05, 0) is 41.3 Å². The summed E-state index contributed by atoms with van der Waals surface area (Å²) in [4.78, 5) is 0. The number of halogens is 3. The second kappa shape index (κ2) is 5.52. The van der Waals surface area contributed by atoms with Crippen molar-refractivity contribution in [3.63, 3.8) is 0 Å². The number of nitrogens with one attached hydrogen (secondary N) is 1. The van der Waals surface area contributed by atoms with Crippen molar-refractivity contribution in [1.82, 2.24) is 5.16 Å². The summed E-state index contributed by atoms with van der Waals surface area (Å²) in [5.41, 5.74) is 2.50. The van der Waals surface area contributed by atoms with Crippen molar-refractivity contribution in [3.05, 3.63) is 45.3 Å². The normalized spacial score (nSPS) is 14.2. The second-order valence-corrected chi connectivity index (χ2v) is 5.69. The van der Waals surface area contributed by atoms with E-state index in [2.05, 4.69) is 26.4 Å². The molecule has 1 N–H and O–H groups in total. The van der Waals surface area contributed by atoms with Crippen molar-refractivity contribution < 1.29 is 13.3 Å². The van der Waals surface area contributed by atoms with Gasteiger partial charge in [-0.15, -0.1) is 0 Å². The quantitative estimate of drug-likeness (QED) is 0.849. The molecule has 0 saturated carbocycles. The molecule has 1 aromatic heterocycles. The van der Waals surface area contributed by atoms with Gasteiger partial charge in [0.2, 0.25) is 0 Å². The van der Waals surface area contributed by atoms with Crippen LogP contribution in [0.3, 0.4) is 0 Å². The van der Waals surface area contributed by atoms with Gasteiger partial charge in [-0.3, -0.25) is 0 Å². The van der Waals surface area contributed by atoms with Gasteiger partial charge in [0.15, 0.2) is 11.6 Å². The Morgan fingerprint density at radius 3 is 2.80 bits per heavy atom. The van der Waals surface area contributed by atoms with Crippen LogP contribution in [0.4, 0.5) is 14.5 Å². The van der Waals surface area contributed by atoms with Crippen LogP contribution in [0.5, 0.6) is 0 Å². The van der Waals surface area contributed by atoms with Crippen LogP contribution in [-0.4, -0.2) is 5.16 Å². The number of hydrogen-bond donors (Lipinski definition) is 1. The third-order valence-corrected chi connectivity index (χ3v) is 4.14. The summed E-state index contributed by atoms with van der Waals surface area (Å²) in [5.74, 6) is -0.795. The zero-order valence-corrected chi connectivity index (χ0v) is 12.3. The molecule has 0 atom stereocenters. The molecule has 1 aliphatic rings. The molecule has 0 aliphatic heterocycles. The second-order valence-electron chi connectivity index (χ2n) is 4.84. The number of anilines is 1. The number of rotatable bonds is 3. The lowest BCUT2D eigenvalue weighted by Crippen LogP contribution is -2.07. The summed E-state index contributed by atoms with van der Waals surface area (Å²) in [5, 5.41) is 7.12. The fraction of sp³-hybridized carbons (Fsp3) is 0.357. The molecule has 0 unspecified atom stereocenters. The lowest BCUT2D eigenvalue weighted by molar-refractivity contribution is 0.368. The van der Waals surface area contributed by atoms with Crippen LogP contribution in [0.2, 0.25) is 0 Å². The average molecular weight is 343 g/mol. The number of fused-ring (bicyclic) bond motifs is 1. The summed E-state index contributed by atoms with van der Waals surface area (Å²) < 4.78 is 32.1. The van der Waals surface area contributed by atoms with Gasteiger partial charge >= 0.3 is 0 Å². The van der Waals surface area contributed by atoms with Crippen LogP contribution in [-0.2, 0) is 19.4 Å². The maximum Gasteiger partial charge on any atom is 0.160 e. The molecule has 0 fully saturated rings. The summed E-state index contributed by atoms with van der Waals surface area (Å²) in [6.07, 6.45) is 4.16. The van der Waals surface area contributed by atoms with E-state index in [1.54, 1.807) is 0 Å². The van der Waals surface area contributed by atoms with E-state index in [4.69, 9.17) is 4.52 Å². The smallest absolute Gasteiger partial charge is 0.160 e. The first-order chi connectivity index (χ1) is 9.65. The minimum absolute atomic E-state index is 0.433. The van der Waals surface area contributed by atoms with Crippen molar-refractivity contribution in [1.29, 1.82) is 0 Å². The van der Waals surface area contributed by atoms with Crippen LogP contribution in [0, 0.1) is 11.6 Å². The fourth-order valence-electron chi connectivity index (χ4n) is 2.42. The van der Waals surface area contributed by atoms with Gasteiger partial charge in [-0.1, -0.05) is 5.16 Å². The maximum atomic E-state index is 13.2. The molecule has 106 valence electrons. The highest BCUT2D eigenvalue weighted by atomic mass is 79.9. The summed E-state index contributed by atoms with van der Waals surface area (Å²) in [6, 6.07) is 2.24. The lowest BCUT2D eigenvalue weighted by atomic mass is 9.96.